The highest BCUT2D eigenvalue weighted by Gasteiger charge is 2.13. The molecule has 1 aromatic rings. The molecule has 7 heteroatoms. The van der Waals surface area contributed by atoms with Gasteiger partial charge in [-0.05, 0) is 13.0 Å². The summed E-state index contributed by atoms with van der Waals surface area (Å²) in [5, 5.41) is 6.24. The Morgan fingerprint density at radius 2 is 2.42 bits per heavy atom. The Kier molecular flexibility index (Phi) is 4.48. The van der Waals surface area contributed by atoms with E-state index in [0.29, 0.717) is 24.1 Å². The fourth-order valence-electron chi connectivity index (χ4n) is 1.67. The molecule has 1 atom stereocenters. The monoisotopic (exact) mass is 270 g/mol. The molecular formula is C12H16F2N4O. The quantitative estimate of drug-likeness (QED) is 0.843. The summed E-state index contributed by atoms with van der Waals surface area (Å²) >= 11 is 0. The second kappa shape index (κ2) is 6.31. The number of nitrogens with zero attached hydrogens (tertiary/aromatic N) is 2. The van der Waals surface area contributed by atoms with Crippen LogP contribution in [0.3, 0.4) is 0 Å². The van der Waals surface area contributed by atoms with Crippen molar-refractivity contribution in [2.24, 2.45) is 4.99 Å². The Bertz CT molecular complexity index is 453. The molecule has 0 aromatic carbocycles. The molecule has 0 radical (unpaired) electrons. The number of halogens is 2. The molecular weight excluding hydrogens is 254 g/mol. The second-order valence-electron chi connectivity index (χ2n) is 4.26. The van der Waals surface area contributed by atoms with Gasteiger partial charge in [-0.15, -0.1) is 0 Å². The molecule has 1 aliphatic rings. The van der Waals surface area contributed by atoms with Crippen molar-refractivity contribution in [1.82, 2.24) is 15.6 Å². The number of aromatic nitrogens is 1. The maximum absolute atomic E-state index is 12.1. The van der Waals surface area contributed by atoms with Crippen molar-refractivity contribution in [1.29, 1.82) is 0 Å². The van der Waals surface area contributed by atoms with Crippen LogP contribution in [0.15, 0.2) is 23.3 Å². The Hall–Kier alpha value is -1.92. The van der Waals surface area contributed by atoms with E-state index in [9.17, 15) is 8.78 Å². The molecule has 0 saturated carbocycles. The van der Waals surface area contributed by atoms with Crippen LogP contribution in [0.1, 0.15) is 12.5 Å². The van der Waals surface area contributed by atoms with Gasteiger partial charge in [-0.2, -0.15) is 0 Å². The van der Waals surface area contributed by atoms with Crippen molar-refractivity contribution < 1.29 is 13.5 Å². The highest BCUT2D eigenvalue weighted by molar-refractivity contribution is 5.81. The maximum Gasteiger partial charge on any atom is 0.272 e. The molecule has 104 valence electrons. The Morgan fingerprint density at radius 3 is 3.11 bits per heavy atom. The fourth-order valence-corrected chi connectivity index (χ4v) is 1.67. The van der Waals surface area contributed by atoms with Crippen LogP contribution in [0.2, 0.25) is 0 Å². The summed E-state index contributed by atoms with van der Waals surface area (Å²) in [4.78, 5) is 8.20. The number of ether oxygens (including phenoxy) is 1. The van der Waals surface area contributed by atoms with E-state index >= 15 is 0 Å². The maximum atomic E-state index is 12.1. The molecule has 0 saturated heterocycles. The first-order chi connectivity index (χ1) is 9.15. The smallest absolute Gasteiger partial charge is 0.272 e. The molecule has 0 amide bonds. The van der Waals surface area contributed by atoms with Crippen LogP contribution >= 0.6 is 0 Å². The standard InChI is InChI=1S/C12H16F2N4O/c1-8-5-16-12(18-8)17-6-9-3-2-4-15-11(9)19-7-10(13)14/h2-4,8,10H,5-7H2,1H3,(H2,16,17,18). The lowest BCUT2D eigenvalue weighted by Crippen LogP contribution is -2.37. The minimum Gasteiger partial charge on any atom is -0.471 e. The van der Waals surface area contributed by atoms with Crippen molar-refractivity contribution in [2.75, 3.05) is 13.2 Å². The van der Waals surface area contributed by atoms with Crippen molar-refractivity contribution in [3.05, 3.63) is 23.9 Å². The van der Waals surface area contributed by atoms with Gasteiger partial charge >= 0.3 is 0 Å². The highest BCUT2D eigenvalue weighted by Crippen LogP contribution is 2.14. The van der Waals surface area contributed by atoms with Gasteiger partial charge in [-0.3, -0.25) is 4.99 Å². The molecule has 1 aromatic heterocycles. The van der Waals surface area contributed by atoms with Crippen LogP contribution in [0.25, 0.3) is 0 Å². The van der Waals surface area contributed by atoms with Crippen LogP contribution in [0, 0.1) is 0 Å². The summed E-state index contributed by atoms with van der Waals surface area (Å²) < 4.78 is 29.2. The average Bonchev–Trinajstić information content (AvgIpc) is 2.80. The lowest BCUT2D eigenvalue weighted by Gasteiger charge is -2.12. The summed E-state index contributed by atoms with van der Waals surface area (Å²) in [5.74, 6) is 0.929. The van der Waals surface area contributed by atoms with Gasteiger partial charge in [-0.25, -0.2) is 13.8 Å². The zero-order valence-electron chi connectivity index (χ0n) is 10.6. The molecule has 0 fully saturated rings. The molecule has 19 heavy (non-hydrogen) atoms. The van der Waals surface area contributed by atoms with Crippen molar-refractivity contribution >= 4 is 5.96 Å². The second-order valence-corrected chi connectivity index (χ2v) is 4.26. The zero-order valence-corrected chi connectivity index (χ0v) is 10.6. The van der Waals surface area contributed by atoms with Crippen molar-refractivity contribution in [2.45, 2.75) is 25.9 Å². The number of hydrogen-bond acceptors (Lipinski definition) is 5. The molecule has 2 N–H and O–H groups in total. The lowest BCUT2D eigenvalue weighted by atomic mass is 10.2. The van der Waals surface area contributed by atoms with Gasteiger partial charge in [0, 0.05) is 24.3 Å². The minimum absolute atomic E-state index is 0.224. The summed E-state index contributed by atoms with van der Waals surface area (Å²) in [7, 11) is 0. The van der Waals surface area contributed by atoms with Gasteiger partial charge in [0.15, 0.2) is 12.6 Å². The molecule has 1 aliphatic heterocycles. The van der Waals surface area contributed by atoms with Gasteiger partial charge in [0.2, 0.25) is 5.88 Å². The molecule has 2 rings (SSSR count). The Morgan fingerprint density at radius 1 is 1.58 bits per heavy atom. The minimum atomic E-state index is -2.51. The van der Waals surface area contributed by atoms with E-state index in [1.165, 1.54) is 6.20 Å². The van der Waals surface area contributed by atoms with Crippen LogP contribution in [0.5, 0.6) is 5.88 Å². The Balaban J connectivity index is 1.92. The number of alkyl halides is 2. The third-order valence-corrected chi connectivity index (χ3v) is 2.55. The summed E-state index contributed by atoms with van der Waals surface area (Å²) in [5.41, 5.74) is 0.715. The number of pyridine rings is 1. The van der Waals surface area contributed by atoms with Crippen molar-refractivity contribution in [3.63, 3.8) is 0 Å². The molecule has 1 unspecified atom stereocenters. The third-order valence-electron chi connectivity index (χ3n) is 2.55. The normalized spacial score (nSPS) is 18.1. The zero-order chi connectivity index (χ0) is 13.7. The number of aliphatic imine (C=N–C) groups is 1. The van der Waals surface area contributed by atoms with Crippen LogP contribution in [-0.4, -0.2) is 36.6 Å². The van der Waals surface area contributed by atoms with Crippen LogP contribution < -0.4 is 15.4 Å². The molecule has 0 aliphatic carbocycles. The van der Waals surface area contributed by atoms with Gasteiger partial charge in [0.1, 0.15) is 0 Å². The average molecular weight is 270 g/mol. The van der Waals surface area contributed by atoms with E-state index < -0.39 is 13.0 Å². The molecule has 0 spiro atoms. The third kappa shape index (κ3) is 4.04. The van der Waals surface area contributed by atoms with E-state index in [-0.39, 0.29) is 5.88 Å². The first-order valence-corrected chi connectivity index (χ1v) is 6.05. The number of nitrogens with one attached hydrogen (secondary N) is 2. The summed E-state index contributed by atoms with van der Waals surface area (Å²) in [6.45, 7) is 2.52. The van der Waals surface area contributed by atoms with Crippen LogP contribution in [-0.2, 0) is 6.54 Å². The number of rotatable bonds is 5. The van der Waals surface area contributed by atoms with E-state index in [4.69, 9.17) is 4.74 Å². The van der Waals surface area contributed by atoms with E-state index in [1.807, 2.05) is 6.92 Å². The summed E-state index contributed by atoms with van der Waals surface area (Å²) in [6.07, 6.45) is -0.998. The predicted octanol–water partition coefficient (Wildman–Crippen LogP) is 1.16. The van der Waals surface area contributed by atoms with Gasteiger partial charge in [-0.1, -0.05) is 6.07 Å². The Labute approximate surface area is 110 Å². The molecule has 2 heterocycles. The topological polar surface area (TPSA) is 58.5 Å². The first-order valence-electron chi connectivity index (χ1n) is 6.05. The van der Waals surface area contributed by atoms with Crippen LogP contribution in [0.4, 0.5) is 8.78 Å². The van der Waals surface area contributed by atoms with Gasteiger partial charge in [0.05, 0.1) is 6.54 Å². The highest BCUT2D eigenvalue weighted by atomic mass is 19.3. The largest absolute Gasteiger partial charge is 0.471 e. The first kappa shape index (κ1) is 13.5. The number of guanidine groups is 1. The summed E-state index contributed by atoms with van der Waals surface area (Å²) in [6, 6.07) is 3.82. The van der Waals surface area contributed by atoms with Gasteiger partial charge in [0.25, 0.3) is 6.43 Å². The predicted molar refractivity (Wildman–Crippen MR) is 67.5 cm³/mol. The molecule has 5 nitrogen and oxygen atoms in total. The van der Waals surface area contributed by atoms with E-state index in [0.717, 1.165) is 6.54 Å². The van der Waals surface area contributed by atoms with E-state index in [2.05, 4.69) is 20.6 Å². The van der Waals surface area contributed by atoms with Gasteiger partial charge < -0.3 is 15.4 Å². The van der Waals surface area contributed by atoms with E-state index in [1.54, 1.807) is 12.1 Å². The number of hydrogen-bond donors (Lipinski definition) is 2. The fraction of sp³-hybridized carbons (Fsp3) is 0.500. The SMILES string of the molecule is CC1CN=C(NCc2cccnc2OCC(F)F)N1. The van der Waals surface area contributed by atoms with Crippen molar-refractivity contribution in [3.8, 4) is 5.88 Å². The molecule has 0 bridgehead atoms. The lowest BCUT2D eigenvalue weighted by molar-refractivity contribution is 0.0790.